The number of aromatic nitrogens is 1. The van der Waals surface area contributed by atoms with Gasteiger partial charge in [-0.3, -0.25) is 0 Å². The van der Waals surface area contributed by atoms with Gasteiger partial charge in [-0.25, -0.2) is 4.98 Å². The lowest BCUT2D eigenvalue weighted by Gasteiger charge is -2.15. The number of ether oxygens (including phenoxy) is 1. The molecule has 1 aromatic rings. The molecule has 0 saturated carbocycles. The van der Waals surface area contributed by atoms with Gasteiger partial charge in [0.05, 0.1) is 12.3 Å². The Hall–Kier alpha value is -0.920. The zero-order chi connectivity index (χ0) is 10.8. The van der Waals surface area contributed by atoms with Crippen LogP contribution in [0.15, 0.2) is 0 Å². The molecule has 4 heteroatoms. The molecule has 14 heavy (non-hydrogen) atoms. The van der Waals surface area contributed by atoms with E-state index in [9.17, 15) is 0 Å². The number of hydrogen-bond donors (Lipinski definition) is 0. The Morgan fingerprint density at radius 1 is 1.50 bits per heavy atom. The Balaban J connectivity index is 3.11. The maximum Gasteiger partial charge on any atom is 0.128 e. The van der Waals surface area contributed by atoms with Crippen molar-refractivity contribution < 1.29 is 4.74 Å². The highest BCUT2D eigenvalue weighted by Crippen LogP contribution is 2.29. The number of nitrogens with zero attached hydrogens (tertiary/aromatic N) is 2. The molecule has 3 nitrogen and oxygen atoms in total. The minimum atomic E-state index is -0.0758. The fraction of sp³-hybridized carbons (Fsp3) is 0.600. The Labute approximate surface area is 88.4 Å². The maximum absolute atomic E-state index is 8.94. The second-order valence-corrected chi connectivity index (χ2v) is 5.16. The second-order valence-electron chi connectivity index (χ2n) is 4.08. The summed E-state index contributed by atoms with van der Waals surface area (Å²) < 4.78 is 4.99. The van der Waals surface area contributed by atoms with Crippen molar-refractivity contribution in [2.75, 3.05) is 7.11 Å². The van der Waals surface area contributed by atoms with Crippen LogP contribution in [-0.4, -0.2) is 12.1 Å². The fourth-order valence-electron chi connectivity index (χ4n) is 1.13. The average molecular weight is 210 g/mol. The van der Waals surface area contributed by atoms with E-state index in [1.807, 2.05) is 0 Å². The lowest BCUT2D eigenvalue weighted by molar-refractivity contribution is 0.184. The normalized spacial score (nSPS) is 11.4. The topological polar surface area (TPSA) is 45.9 Å². The van der Waals surface area contributed by atoms with Crippen LogP contribution in [0.25, 0.3) is 0 Å². The van der Waals surface area contributed by atoms with E-state index in [0.29, 0.717) is 11.5 Å². The zero-order valence-electron chi connectivity index (χ0n) is 8.92. The van der Waals surface area contributed by atoms with Crippen molar-refractivity contribution in [3.63, 3.8) is 0 Å². The number of thiazole rings is 1. The first-order chi connectivity index (χ1) is 6.49. The molecule has 0 N–H and O–H groups in total. The molecule has 1 aromatic heterocycles. The van der Waals surface area contributed by atoms with E-state index in [4.69, 9.17) is 10.00 Å². The van der Waals surface area contributed by atoms with Gasteiger partial charge in [0.1, 0.15) is 16.0 Å². The maximum atomic E-state index is 8.94. The van der Waals surface area contributed by atoms with E-state index < -0.39 is 0 Å². The van der Waals surface area contributed by atoms with Crippen LogP contribution in [0, 0.1) is 11.3 Å². The summed E-state index contributed by atoms with van der Waals surface area (Å²) in [6, 6.07) is 2.18. The van der Waals surface area contributed by atoms with Crippen LogP contribution >= 0.6 is 11.3 Å². The van der Waals surface area contributed by atoms with Crippen molar-refractivity contribution >= 4 is 11.3 Å². The molecule has 0 spiro atoms. The van der Waals surface area contributed by atoms with E-state index in [2.05, 4.69) is 31.8 Å². The Morgan fingerprint density at radius 2 is 2.14 bits per heavy atom. The lowest BCUT2D eigenvalue weighted by Crippen LogP contribution is -2.13. The predicted molar refractivity (Wildman–Crippen MR) is 56.2 cm³/mol. The molecule has 0 aliphatic rings. The molecule has 0 saturated heterocycles. The molecule has 0 bridgehead atoms. The van der Waals surface area contributed by atoms with Crippen LogP contribution in [0.3, 0.4) is 0 Å². The molecule has 0 aliphatic carbocycles. The van der Waals surface area contributed by atoms with E-state index >= 15 is 0 Å². The van der Waals surface area contributed by atoms with Gasteiger partial charge in [-0.15, -0.1) is 11.3 Å². The van der Waals surface area contributed by atoms with Crippen molar-refractivity contribution in [3.8, 4) is 6.07 Å². The molecule has 0 atom stereocenters. The summed E-state index contributed by atoms with van der Waals surface area (Å²) in [7, 11) is 1.63. The third kappa shape index (κ3) is 2.31. The second kappa shape index (κ2) is 4.07. The minimum Gasteiger partial charge on any atom is -0.378 e. The van der Waals surface area contributed by atoms with Crippen molar-refractivity contribution in [2.24, 2.45) is 0 Å². The first kappa shape index (κ1) is 11.2. The summed E-state index contributed by atoms with van der Waals surface area (Å²) in [6.45, 7) is 6.65. The summed E-state index contributed by atoms with van der Waals surface area (Å²) in [6.07, 6.45) is 0. The van der Waals surface area contributed by atoms with Crippen molar-refractivity contribution in [2.45, 2.75) is 32.8 Å². The van der Waals surface area contributed by atoms with Crippen molar-refractivity contribution in [1.29, 1.82) is 5.26 Å². The van der Waals surface area contributed by atoms with Crippen LogP contribution in [0.5, 0.6) is 0 Å². The van der Waals surface area contributed by atoms with E-state index in [1.165, 1.54) is 11.3 Å². The summed E-state index contributed by atoms with van der Waals surface area (Å²) in [4.78, 5) is 5.11. The molecule has 1 heterocycles. The highest BCUT2D eigenvalue weighted by atomic mass is 32.1. The van der Waals surface area contributed by atoms with Crippen LogP contribution < -0.4 is 0 Å². The van der Waals surface area contributed by atoms with Gasteiger partial charge in [-0.2, -0.15) is 5.26 Å². The highest BCUT2D eigenvalue weighted by molar-refractivity contribution is 7.12. The van der Waals surface area contributed by atoms with Crippen molar-refractivity contribution in [3.05, 3.63) is 15.6 Å². The molecule has 0 radical (unpaired) electrons. The number of methoxy groups -OCH3 is 1. The van der Waals surface area contributed by atoms with Gasteiger partial charge in [0.25, 0.3) is 0 Å². The first-order valence-corrected chi connectivity index (χ1v) is 5.20. The fourth-order valence-corrected chi connectivity index (χ4v) is 2.18. The van der Waals surface area contributed by atoms with Gasteiger partial charge in [-0.05, 0) is 0 Å². The minimum absolute atomic E-state index is 0.0758. The van der Waals surface area contributed by atoms with Crippen LogP contribution in [0.4, 0.5) is 0 Å². The SMILES string of the molecule is COCc1nc(C(C)(C)C)c(C#N)s1. The number of rotatable bonds is 2. The first-order valence-electron chi connectivity index (χ1n) is 4.38. The largest absolute Gasteiger partial charge is 0.378 e. The van der Waals surface area contributed by atoms with E-state index in [-0.39, 0.29) is 5.41 Å². The zero-order valence-corrected chi connectivity index (χ0v) is 9.73. The van der Waals surface area contributed by atoms with E-state index in [0.717, 1.165) is 10.7 Å². The van der Waals surface area contributed by atoms with Gasteiger partial charge in [0.15, 0.2) is 0 Å². The van der Waals surface area contributed by atoms with Crippen LogP contribution in [0.1, 0.15) is 36.3 Å². The molecule has 0 aromatic carbocycles. The molecular weight excluding hydrogens is 196 g/mol. The smallest absolute Gasteiger partial charge is 0.128 e. The van der Waals surface area contributed by atoms with Crippen LogP contribution in [-0.2, 0) is 16.8 Å². The average Bonchev–Trinajstić information content (AvgIpc) is 2.47. The van der Waals surface area contributed by atoms with Crippen molar-refractivity contribution in [1.82, 2.24) is 4.98 Å². The monoisotopic (exact) mass is 210 g/mol. The summed E-state index contributed by atoms with van der Waals surface area (Å²) in [5, 5.41) is 9.81. The summed E-state index contributed by atoms with van der Waals surface area (Å²) in [5.41, 5.74) is 0.796. The molecule has 0 unspecified atom stereocenters. The molecule has 76 valence electrons. The lowest BCUT2D eigenvalue weighted by atomic mass is 9.91. The molecular formula is C10H14N2OS. The summed E-state index contributed by atoms with van der Waals surface area (Å²) >= 11 is 1.41. The highest BCUT2D eigenvalue weighted by Gasteiger charge is 2.22. The number of hydrogen-bond acceptors (Lipinski definition) is 4. The Bertz CT molecular complexity index is 357. The predicted octanol–water partition coefficient (Wildman–Crippen LogP) is 2.46. The Kier molecular flexibility index (Phi) is 3.25. The molecule has 0 aliphatic heterocycles. The van der Waals surface area contributed by atoms with Gasteiger partial charge < -0.3 is 4.74 Å². The third-order valence-corrected chi connectivity index (χ3v) is 2.68. The summed E-state index contributed by atoms with van der Waals surface area (Å²) in [5.74, 6) is 0. The van der Waals surface area contributed by atoms with E-state index in [1.54, 1.807) is 7.11 Å². The molecule has 1 rings (SSSR count). The number of nitriles is 1. The third-order valence-electron chi connectivity index (χ3n) is 1.75. The molecule has 0 fully saturated rings. The van der Waals surface area contributed by atoms with Gasteiger partial charge in [-0.1, -0.05) is 20.8 Å². The van der Waals surface area contributed by atoms with Gasteiger partial charge >= 0.3 is 0 Å². The van der Waals surface area contributed by atoms with Gasteiger partial charge in [0, 0.05) is 12.5 Å². The Morgan fingerprint density at radius 3 is 2.50 bits per heavy atom. The quantitative estimate of drug-likeness (QED) is 0.753. The molecule has 0 amide bonds. The standard InChI is InChI=1S/C10H14N2OS/c1-10(2,3)9-7(5-11)14-8(12-9)6-13-4/h6H2,1-4H3. The van der Waals surface area contributed by atoms with Gasteiger partial charge in [0.2, 0.25) is 0 Å². The van der Waals surface area contributed by atoms with Crippen LogP contribution in [0.2, 0.25) is 0 Å².